The van der Waals surface area contributed by atoms with E-state index in [0.717, 1.165) is 28.1 Å². The topological polar surface area (TPSA) is 85.2 Å². The smallest absolute Gasteiger partial charge is 0.410 e. The van der Waals surface area contributed by atoms with Gasteiger partial charge in [0.25, 0.3) is 0 Å². The van der Waals surface area contributed by atoms with Crippen molar-refractivity contribution in [2.45, 2.75) is 53.2 Å². The highest BCUT2D eigenvalue weighted by Crippen LogP contribution is 2.30. The lowest BCUT2D eigenvalue weighted by atomic mass is 10.1. The quantitative estimate of drug-likeness (QED) is 0.650. The lowest BCUT2D eigenvalue weighted by Gasteiger charge is -2.29. The number of fused-ring (bicyclic) bond motifs is 1. The Balaban J connectivity index is 1.84. The van der Waals surface area contributed by atoms with Crippen molar-refractivity contribution < 1.29 is 9.53 Å². The van der Waals surface area contributed by atoms with Crippen LogP contribution in [0.4, 0.5) is 4.79 Å². The summed E-state index contributed by atoms with van der Waals surface area (Å²) < 4.78 is 8.83. The van der Waals surface area contributed by atoms with Crippen LogP contribution in [0.25, 0.3) is 11.5 Å². The Hall–Kier alpha value is -3.00. The summed E-state index contributed by atoms with van der Waals surface area (Å²) in [6.07, 6.45) is 3.44. The molecular formula is C22H26ClN5O3. The second-order valence-corrected chi connectivity index (χ2v) is 9.22. The number of aromatic nitrogens is 4. The number of halogens is 1. The van der Waals surface area contributed by atoms with Crippen molar-refractivity contribution in [3.05, 3.63) is 62.4 Å². The first-order chi connectivity index (χ1) is 14.5. The maximum atomic E-state index is 12.7. The molecule has 3 aromatic rings. The Bertz CT molecular complexity index is 1190. The molecule has 0 saturated carbocycles. The summed E-state index contributed by atoms with van der Waals surface area (Å²) in [5, 5.41) is 5.53. The van der Waals surface area contributed by atoms with Gasteiger partial charge in [-0.15, -0.1) is 0 Å². The highest BCUT2D eigenvalue weighted by Gasteiger charge is 2.31. The van der Waals surface area contributed by atoms with Crippen molar-refractivity contribution in [3.8, 4) is 11.5 Å². The number of imidazole rings is 1. The number of amides is 1. The maximum Gasteiger partial charge on any atom is 0.410 e. The van der Waals surface area contributed by atoms with E-state index < -0.39 is 5.60 Å². The van der Waals surface area contributed by atoms with E-state index in [0.29, 0.717) is 30.4 Å². The number of nitrogens with zero attached hydrogens (tertiary/aromatic N) is 4. The van der Waals surface area contributed by atoms with E-state index in [1.54, 1.807) is 22.0 Å². The Kier molecular flexibility index (Phi) is 5.21. The first-order valence-corrected chi connectivity index (χ1v) is 10.5. The van der Waals surface area contributed by atoms with Crippen molar-refractivity contribution in [2.75, 3.05) is 6.54 Å². The van der Waals surface area contributed by atoms with Crippen molar-refractivity contribution in [2.24, 2.45) is 0 Å². The molecule has 0 fully saturated rings. The van der Waals surface area contributed by atoms with Crippen molar-refractivity contribution in [1.82, 2.24) is 24.2 Å². The lowest BCUT2D eigenvalue weighted by Crippen LogP contribution is -2.40. The molecule has 0 radical (unpaired) electrons. The fraction of sp³-hybridized carbons (Fsp3) is 0.409. The predicted molar refractivity (Wildman–Crippen MR) is 118 cm³/mol. The van der Waals surface area contributed by atoms with E-state index >= 15 is 0 Å². The molecule has 9 heteroatoms. The monoisotopic (exact) mass is 443 g/mol. The van der Waals surface area contributed by atoms with Gasteiger partial charge in [0.2, 0.25) is 0 Å². The molecular weight excluding hydrogens is 418 g/mol. The highest BCUT2D eigenvalue weighted by molar-refractivity contribution is 6.32. The molecule has 1 N–H and O–H groups in total. The molecule has 0 spiro atoms. The van der Waals surface area contributed by atoms with E-state index in [1.165, 1.54) is 4.57 Å². The van der Waals surface area contributed by atoms with Gasteiger partial charge in [-0.1, -0.05) is 11.6 Å². The molecule has 164 valence electrons. The van der Waals surface area contributed by atoms with Crippen molar-refractivity contribution >= 4 is 17.7 Å². The minimum absolute atomic E-state index is 0.277. The number of aromatic amines is 1. The number of H-pyrrole nitrogens is 1. The summed E-state index contributed by atoms with van der Waals surface area (Å²) in [6, 6.07) is 3.89. The van der Waals surface area contributed by atoms with Crippen LogP contribution in [-0.2, 0) is 17.7 Å². The average Bonchev–Trinajstić information content (AvgIpc) is 3.26. The second-order valence-electron chi connectivity index (χ2n) is 8.84. The minimum atomic E-state index is -0.583. The number of hydrogen-bond acceptors (Lipinski definition) is 4. The number of aryl methyl sites for hydroxylation is 2. The second kappa shape index (κ2) is 7.60. The Morgan fingerprint density at radius 3 is 2.48 bits per heavy atom. The van der Waals surface area contributed by atoms with Gasteiger partial charge in [0.15, 0.2) is 0 Å². The van der Waals surface area contributed by atoms with E-state index in [4.69, 9.17) is 21.4 Å². The molecule has 1 aliphatic rings. The Labute approximate surface area is 185 Å². The van der Waals surface area contributed by atoms with Gasteiger partial charge in [-0.05, 0) is 57.9 Å². The normalized spacial score (nSPS) is 13.9. The molecule has 4 rings (SSSR count). The summed E-state index contributed by atoms with van der Waals surface area (Å²) in [7, 11) is 0. The fourth-order valence-corrected chi connectivity index (χ4v) is 3.91. The number of benzene rings is 1. The zero-order valence-electron chi connectivity index (χ0n) is 18.3. The molecule has 1 aliphatic heterocycles. The van der Waals surface area contributed by atoms with E-state index in [-0.39, 0.29) is 11.8 Å². The molecule has 1 amide bonds. The largest absolute Gasteiger partial charge is 0.444 e. The van der Waals surface area contributed by atoms with Gasteiger partial charge in [0.05, 0.1) is 17.9 Å². The molecule has 1 aromatic carbocycles. The van der Waals surface area contributed by atoms with Gasteiger partial charge in [-0.3, -0.25) is 4.57 Å². The molecule has 0 unspecified atom stereocenters. The predicted octanol–water partition coefficient (Wildman–Crippen LogP) is 3.91. The lowest BCUT2D eigenvalue weighted by molar-refractivity contribution is 0.0223. The minimum Gasteiger partial charge on any atom is -0.444 e. The van der Waals surface area contributed by atoms with Crippen LogP contribution in [-0.4, -0.2) is 42.5 Å². The molecule has 0 aliphatic carbocycles. The molecule has 0 saturated heterocycles. The van der Waals surface area contributed by atoms with Gasteiger partial charge in [-0.25, -0.2) is 14.3 Å². The summed E-state index contributed by atoms with van der Waals surface area (Å²) in [5.74, 6) is 0.607. The molecule has 0 atom stereocenters. The van der Waals surface area contributed by atoms with Crippen LogP contribution in [0.1, 0.15) is 43.2 Å². The van der Waals surface area contributed by atoms with Crippen LogP contribution in [0, 0.1) is 13.8 Å². The van der Waals surface area contributed by atoms with Crippen LogP contribution >= 0.6 is 11.6 Å². The Morgan fingerprint density at radius 1 is 1.23 bits per heavy atom. The third kappa shape index (κ3) is 3.99. The standard InChI is InChI=1S/C22H26ClN5O3/c1-13-10-15(11-14(2)18(13)23)28-19(27-9-7-24-20(27)29)16-12-26(8-6-17(16)25-28)21(30)31-22(3,4)5/h7,9-11H,6,8,12H2,1-5H3,(H,24,29). The third-order valence-corrected chi connectivity index (χ3v) is 5.80. The molecule has 0 bridgehead atoms. The van der Waals surface area contributed by atoms with E-state index in [1.807, 2.05) is 46.8 Å². The van der Waals surface area contributed by atoms with Gasteiger partial charge in [0.1, 0.15) is 11.4 Å². The zero-order valence-corrected chi connectivity index (χ0v) is 19.1. The number of carbonyl (C=O) groups is 1. The Morgan fingerprint density at radius 2 is 1.90 bits per heavy atom. The molecule has 3 heterocycles. The molecule has 31 heavy (non-hydrogen) atoms. The van der Waals surface area contributed by atoms with Gasteiger partial charge in [0, 0.05) is 35.9 Å². The maximum absolute atomic E-state index is 12.7. The summed E-state index contributed by atoms with van der Waals surface area (Å²) in [4.78, 5) is 29.5. The number of ether oxygens (including phenoxy) is 1. The zero-order chi connectivity index (χ0) is 22.5. The average molecular weight is 444 g/mol. The van der Waals surface area contributed by atoms with E-state index in [2.05, 4.69) is 4.98 Å². The summed E-state index contributed by atoms with van der Waals surface area (Å²) in [6.45, 7) is 10.2. The van der Waals surface area contributed by atoms with Crippen molar-refractivity contribution in [3.63, 3.8) is 0 Å². The van der Waals surface area contributed by atoms with Gasteiger partial charge in [-0.2, -0.15) is 5.10 Å². The van der Waals surface area contributed by atoms with Crippen molar-refractivity contribution in [1.29, 1.82) is 0 Å². The molecule has 8 nitrogen and oxygen atoms in total. The highest BCUT2D eigenvalue weighted by atomic mass is 35.5. The van der Waals surface area contributed by atoms with Crippen LogP contribution in [0.15, 0.2) is 29.3 Å². The van der Waals surface area contributed by atoms with Crippen LogP contribution in [0.5, 0.6) is 0 Å². The number of nitrogens with one attached hydrogen (secondary N) is 1. The van der Waals surface area contributed by atoms with Crippen LogP contribution in [0.2, 0.25) is 5.02 Å². The van der Waals surface area contributed by atoms with Gasteiger partial charge >= 0.3 is 11.8 Å². The van der Waals surface area contributed by atoms with E-state index in [9.17, 15) is 9.59 Å². The first-order valence-electron chi connectivity index (χ1n) is 10.2. The fourth-order valence-electron chi connectivity index (χ4n) is 3.80. The summed E-state index contributed by atoms with van der Waals surface area (Å²) >= 11 is 6.36. The number of rotatable bonds is 2. The third-order valence-electron chi connectivity index (χ3n) is 5.20. The first kappa shape index (κ1) is 21.2. The summed E-state index contributed by atoms with van der Waals surface area (Å²) in [5.41, 5.74) is 3.47. The number of carbonyl (C=O) groups excluding carboxylic acids is 1. The van der Waals surface area contributed by atoms with Gasteiger partial charge < -0.3 is 14.6 Å². The van der Waals surface area contributed by atoms with Crippen LogP contribution < -0.4 is 5.69 Å². The van der Waals surface area contributed by atoms with Crippen LogP contribution in [0.3, 0.4) is 0 Å². The number of hydrogen-bond donors (Lipinski definition) is 1. The molecule has 2 aromatic heterocycles. The SMILES string of the molecule is Cc1cc(-n2nc3c(c2-n2cc[nH]c2=O)CN(C(=O)OC(C)(C)C)CC3)cc(C)c1Cl.